The first kappa shape index (κ1) is 21.1. The fourth-order valence-corrected chi connectivity index (χ4v) is 4.20. The molecule has 148 valence electrons. The second kappa shape index (κ2) is 9.16. The first-order valence-electron chi connectivity index (χ1n) is 8.99. The number of nitrogens with zero attached hydrogens (tertiary/aromatic N) is 2. The molecule has 0 radical (unpaired) electrons. The van der Waals surface area contributed by atoms with Crippen molar-refractivity contribution in [1.82, 2.24) is 19.5 Å². The Morgan fingerprint density at radius 3 is 2.19 bits per heavy atom. The van der Waals surface area contributed by atoms with E-state index < -0.39 is 10.0 Å². The van der Waals surface area contributed by atoms with Crippen LogP contribution in [0, 0.1) is 0 Å². The van der Waals surface area contributed by atoms with Crippen molar-refractivity contribution in [2.24, 2.45) is 0 Å². The fraction of sp³-hybridized carbons (Fsp3) is 0.421. The second-order valence-corrected chi connectivity index (χ2v) is 8.37. The monoisotopic (exact) mass is 392 g/mol. The Morgan fingerprint density at radius 1 is 1.00 bits per heavy atom. The molecular weight excluding hydrogens is 364 g/mol. The number of carbonyl (C=O) groups excluding carboxylic acids is 1. The predicted octanol–water partition coefficient (Wildman–Crippen LogP) is 2.04. The van der Waals surface area contributed by atoms with Gasteiger partial charge in [-0.3, -0.25) is 4.79 Å². The van der Waals surface area contributed by atoms with E-state index in [0.29, 0.717) is 36.8 Å². The first-order valence-corrected chi connectivity index (χ1v) is 10.4. The first-order chi connectivity index (χ1) is 12.8. The minimum absolute atomic E-state index is 0.0637. The number of hydrogen-bond donors (Lipinski definition) is 2. The summed E-state index contributed by atoms with van der Waals surface area (Å²) < 4.78 is 26.4. The summed E-state index contributed by atoms with van der Waals surface area (Å²) in [6.07, 6.45) is 0. The minimum Gasteiger partial charge on any atom is -0.353 e. The van der Waals surface area contributed by atoms with Crippen molar-refractivity contribution < 1.29 is 13.2 Å². The zero-order chi connectivity index (χ0) is 20.0. The highest BCUT2D eigenvalue weighted by molar-refractivity contribution is 7.89. The van der Waals surface area contributed by atoms with E-state index in [2.05, 4.69) is 10.3 Å². The van der Waals surface area contributed by atoms with Crippen LogP contribution in [0.1, 0.15) is 35.6 Å². The maximum absolute atomic E-state index is 12.5. The number of hydrogen-bond acceptors (Lipinski definition) is 4. The fourth-order valence-electron chi connectivity index (χ4n) is 2.74. The van der Waals surface area contributed by atoms with E-state index in [9.17, 15) is 13.2 Å². The lowest BCUT2D eigenvalue weighted by Gasteiger charge is -2.18. The molecule has 7 nitrogen and oxygen atoms in total. The molecule has 8 heteroatoms. The van der Waals surface area contributed by atoms with E-state index in [1.165, 1.54) is 9.21 Å². The Labute approximate surface area is 161 Å². The van der Waals surface area contributed by atoms with Crippen LogP contribution in [0.5, 0.6) is 0 Å². The van der Waals surface area contributed by atoms with E-state index in [1.807, 2.05) is 32.0 Å². The number of nitrogens with one attached hydrogen (secondary N) is 2. The van der Waals surface area contributed by atoms with Crippen molar-refractivity contribution in [1.29, 1.82) is 0 Å². The van der Waals surface area contributed by atoms with Gasteiger partial charge in [0, 0.05) is 46.0 Å². The van der Waals surface area contributed by atoms with E-state index in [1.54, 1.807) is 32.3 Å². The molecule has 0 unspecified atom stereocenters. The highest BCUT2D eigenvalue weighted by atomic mass is 32.2. The molecule has 0 atom stereocenters. The molecule has 0 fully saturated rings. The van der Waals surface area contributed by atoms with Gasteiger partial charge < -0.3 is 15.2 Å². The van der Waals surface area contributed by atoms with Crippen molar-refractivity contribution in [2.45, 2.75) is 31.8 Å². The number of H-pyrrole nitrogens is 1. The molecule has 2 rings (SSSR count). The average Bonchev–Trinajstić information content (AvgIpc) is 3.11. The van der Waals surface area contributed by atoms with E-state index in [0.717, 1.165) is 11.3 Å². The minimum atomic E-state index is -3.42. The van der Waals surface area contributed by atoms with Crippen molar-refractivity contribution >= 4 is 15.9 Å². The summed E-state index contributed by atoms with van der Waals surface area (Å²) in [4.78, 5) is 16.8. The van der Waals surface area contributed by atoms with Gasteiger partial charge in [0.25, 0.3) is 5.91 Å². The number of aromatic amines is 1. The van der Waals surface area contributed by atoms with E-state index in [4.69, 9.17) is 0 Å². The third-order valence-corrected chi connectivity index (χ3v) is 6.36. The Bertz CT molecular complexity index is 853. The number of amides is 1. The van der Waals surface area contributed by atoms with Crippen molar-refractivity contribution in [2.75, 3.05) is 27.2 Å². The predicted molar refractivity (Wildman–Crippen MR) is 106 cm³/mol. The average molecular weight is 393 g/mol. The van der Waals surface area contributed by atoms with Gasteiger partial charge in [0.15, 0.2) is 0 Å². The zero-order valence-electron chi connectivity index (χ0n) is 16.3. The van der Waals surface area contributed by atoms with Gasteiger partial charge in [-0.15, -0.1) is 0 Å². The molecule has 1 heterocycles. The van der Waals surface area contributed by atoms with Gasteiger partial charge in [-0.25, -0.2) is 8.42 Å². The standard InChI is InChI=1S/C19H28N4O3S/c1-5-23(6-2)27(25,26)17-10-7-15(8-11-17)13-20-14-16-9-12-18(21-16)19(24)22(3)4/h7-12,20-21H,5-6,13-14H2,1-4H3. The summed E-state index contributed by atoms with van der Waals surface area (Å²) in [5.74, 6) is -0.0637. The van der Waals surface area contributed by atoms with Crippen LogP contribution in [0.25, 0.3) is 0 Å². The number of rotatable bonds is 9. The molecule has 0 saturated heterocycles. The van der Waals surface area contributed by atoms with Crippen LogP contribution < -0.4 is 5.32 Å². The molecule has 1 amide bonds. The van der Waals surface area contributed by atoms with E-state index >= 15 is 0 Å². The van der Waals surface area contributed by atoms with Crippen LogP contribution in [0.4, 0.5) is 0 Å². The Hall–Kier alpha value is -2.16. The van der Waals surface area contributed by atoms with Crippen LogP contribution in [0.15, 0.2) is 41.3 Å². The second-order valence-electron chi connectivity index (χ2n) is 6.43. The molecule has 0 bridgehead atoms. The smallest absolute Gasteiger partial charge is 0.269 e. The highest BCUT2D eigenvalue weighted by Crippen LogP contribution is 2.16. The van der Waals surface area contributed by atoms with Gasteiger partial charge in [-0.1, -0.05) is 26.0 Å². The normalized spacial score (nSPS) is 11.7. The molecule has 2 aromatic rings. The number of carbonyl (C=O) groups is 1. The third kappa shape index (κ3) is 5.18. The van der Waals surface area contributed by atoms with Gasteiger partial charge in [0.1, 0.15) is 5.69 Å². The number of benzene rings is 1. The lowest BCUT2D eigenvalue weighted by Crippen LogP contribution is -2.30. The Morgan fingerprint density at radius 2 is 1.63 bits per heavy atom. The molecule has 0 aliphatic carbocycles. The van der Waals surface area contributed by atoms with Crippen molar-refractivity contribution in [3.63, 3.8) is 0 Å². The summed E-state index contributed by atoms with van der Waals surface area (Å²) in [5.41, 5.74) is 2.47. The topological polar surface area (TPSA) is 85.5 Å². The maximum atomic E-state index is 12.5. The van der Waals surface area contributed by atoms with Crippen molar-refractivity contribution in [3.8, 4) is 0 Å². The number of sulfonamides is 1. The zero-order valence-corrected chi connectivity index (χ0v) is 17.1. The highest BCUT2D eigenvalue weighted by Gasteiger charge is 2.21. The van der Waals surface area contributed by atoms with Crippen LogP contribution in [0.3, 0.4) is 0 Å². The van der Waals surface area contributed by atoms with E-state index in [-0.39, 0.29) is 5.91 Å². The Kier molecular flexibility index (Phi) is 7.18. The summed E-state index contributed by atoms with van der Waals surface area (Å²) in [6.45, 7) is 5.75. The number of aromatic nitrogens is 1. The summed E-state index contributed by atoms with van der Waals surface area (Å²) in [7, 11) is 0.00506. The Balaban J connectivity index is 1.93. The third-order valence-electron chi connectivity index (χ3n) is 4.29. The summed E-state index contributed by atoms with van der Waals surface area (Å²) >= 11 is 0. The van der Waals surface area contributed by atoms with Crippen LogP contribution in [-0.2, 0) is 23.1 Å². The molecule has 1 aromatic carbocycles. The molecule has 0 aliphatic rings. The summed E-state index contributed by atoms with van der Waals surface area (Å²) in [6, 6.07) is 10.6. The van der Waals surface area contributed by atoms with Gasteiger partial charge in [0.2, 0.25) is 10.0 Å². The van der Waals surface area contributed by atoms with Gasteiger partial charge in [-0.2, -0.15) is 4.31 Å². The van der Waals surface area contributed by atoms with Crippen molar-refractivity contribution in [3.05, 3.63) is 53.3 Å². The molecule has 0 saturated carbocycles. The molecular formula is C19H28N4O3S. The quantitative estimate of drug-likeness (QED) is 0.684. The SMILES string of the molecule is CCN(CC)S(=O)(=O)c1ccc(CNCc2ccc(C(=O)N(C)C)[nH]2)cc1. The van der Waals surface area contributed by atoms with Gasteiger partial charge >= 0.3 is 0 Å². The lowest BCUT2D eigenvalue weighted by molar-refractivity contribution is 0.0822. The molecule has 2 N–H and O–H groups in total. The van der Waals surface area contributed by atoms with Crippen LogP contribution in [0.2, 0.25) is 0 Å². The lowest BCUT2D eigenvalue weighted by atomic mass is 10.2. The van der Waals surface area contributed by atoms with Gasteiger partial charge in [0.05, 0.1) is 4.90 Å². The molecule has 0 spiro atoms. The summed E-state index contributed by atoms with van der Waals surface area (Å²) in [5, 5.41) is 3.29. The van der Waals surface area contributed by atoms with Crippen LogP contribution >= 0.6 is 0 Å². The molecule has 1 aromatic heterocycles. The van der Waals surface area contributed by atoms with Gasteiger partial charge in [-0.05, 0) is 29.8 Å². The maximum Gasteiger partial charge on any atom is 0.269 e. The molecule has 27 heavy (non-hydrogen) atoms. The van der Waals surface area contributed by atoms with Crippen LogP contribution in [-0.4, -0.2) is 55.7 Å². The molecule has 0 aliphatic heterocycles. The largest absolute Gasteiger partial charge is 0.353 e.